The lowest BCUT2D eigenvalue weighted by Crippen LogP contribution is -2.39. The van der Waals surface area contributed by atoms with E-state index in [1.165, 1.54) is 51.7 Å². The summed E-state index contributed by atoms with van der Waals surface area (Å²) in [5, 5.41) is 3.73. The lowest BCUT2D eigenvalue weighted by molar-refractivity contribution is 0.234. The number of hydrogen-bond acceptors (Lipinski definition) is 2. The fourth-order valence-corrected chi connectivity index (χ4v) is 3.42. The highest BCUT2D eigenvalue weighted by Gasteiger charge is 2.41. The van der Waals surface area contributed by atoms with E-state index in [4.69, 9.17) is 0 Å². The second kappa shape index (κ2) is 6.19. The highest BCUT2D eigenvalue weighted by atomic mass is 15.2. The van der Waals surface area contributed by atoms with Crippen molar-refractivity contribution in [2.45, 2.75) is 65.0 Å². The molecule has 1 saturated carbocycles. The molecule has 1 saturated heterocycles. The van der Waals surface area contributed by atoms with Crippen molar-refractivity contribution < 1.29 is 0 Å². The van der Waals surface area contributed by atoms with Crippen LogP contribution in [0.1, 0.15) is 52.9 Å². The van der Waals surface area contributed by atoms with Gasteiger partial charge in [0.25, 0.3) is 0 Å². The lowest BCUT2D eigenvalue weighted by atomic mass is 10.0. The van der Waals surface area contributed by atoms with E-state index in [1.807, 2.05) is 0 Å². The molecule has 0 aromatic carbocycles. The van der Waals surface area contributed by atoms with Crippen LogP contribution < -0.4 is 5.32 Å². The lowest BCUT2D eigenvalue weighted by Gasteiger charge is -2.25. The molecule has 0 bridgehead atoms. The zero-order valence-corrected chi connectivity index (χ0v) is 11.9. The smallest absolute Gasteiger partial charge is 0.0197 e. The number of rotatable bonds is 5. The summed E-state index contributed by atoms with van der Waals surface area (Å²) in [6.45, 7) is 10.8. The van der Waals surface area contributed by atoms with Gasteiger partial charge in [-0.3, -0.25) is 4.90 Å². The molecule has 2 heteroatoms. The van der Waals surface area contributed by atoms with Crippen molar-refractivity contribution in [2.24, 2.45) is 11.8 Å². The molecule has 0 aromatic heterocycles. The quantitative estimate of drug-likeness (QED) is 0.792. The fraction of sp³-hybridized carbons (Fsp3) is 1.00. The molecule has 1 aliphatic carbocycles. The molecule has 1 aliphatic heterocycles. The second-order valence-corrected chi connectivity index (χ2v) is 6.48. The molecule has 17 heavy (non-hydrogen) atoms. The molecule has 0 radical (unpaired) electrons. The maximum Gasteiger partial charge on any atom is 0.0197 e. The van der Waals surface area contributed by atoms with Crippen LogP contribution in [0.5, 0.6) is 0 Å². The van der Waals surface area contributed by atoms with Gasteiger partial charge in [0.15, 0.2) is 0 Å². The van der Waals surface area contributed by atoms with Crippen LogP contribution >= 0.6 is 0 Å². The topological polar surface area (TPSA) is 15.3 Å². The Bertz CT molecular complexity index is 227. The Morgan fingerprint density at radius 2 is 2.18 bits per heavy atom. The maximum absolute atomic E-state index is 3.73. The van der Waals surface area contributed by atoms with Gasteiger partial charge in [0.2, 0.25) is 0 Å². The Labute approximate surface area is 107 Å². The van der Waals surface area contributed by atoms with Crippen LogP contribution in [-0.4, -0.2) is 36.6 Å². The predicted molar refractivity (Wildman–Crippen MR) is 74.2 cm³/mol. The standard InChI is InChI=1S/C15H30N2/c1-4-6-13-10-15(13)17-8-5-7-16-14(11-17)9-12(2)3/h12-16H,4-11H2,1-3H3. The minimum Gasteiger partial charge on any atom is -0.313 e. The zero-order chi connectivity index (χ0) is 12.3. The molecule has 0 amide bonds. The monoisotopic (exact) mass is 238 g/mol. The first-order valence-corrected chi connectivity index (χ1v) is 7.68. The summed E-state index contributed by atoms with van der Waals surface area (Å²) in [5.41, 5.74) is 0. The minimum absolute atomic E-state index is 0.736. The first-order chi connectivity index (χ1) is 8.20. The first kappa shape index (κ1) is 13.4. The molecule has 100 valence electrons. The van der Waals surface area contributed by atoms with Gasteiger partial charge in [0, 0.05) is 18.6 Å². The second-order valence-electron chi connectivity index (χ2n) is 6.48. The molecule has 2 rings (SSSR count). The van der Waals surface area contributed by atoms with Crippen molar-refractivity contribution in [1.82, 2.24) is 10.2 Å². The fourth-order valence-electron chi connectivity index (χ4n) is 3.42. The van der Waals surface area contributed by atoms with Crippen molar-refractivity contribution in [3.8, 4) is 0 Å². The highest BCUT2D eigenvalue weighted by Crippen LogP contribution is 2.39. The van der Waals surface area contributed by atoms with E-state index in [9.17, 15) is 0 Å². The molecule has 0 aromatic rings. The number of hydrogen-bond donors (Lipinski definition) is 1. The Hall–Kier alpha value is -0.0800. The molecule has 2 aliphatic rings. The Balaban J connectivity index is 1.81. The predicted octanol–water partition coefficient (Wildman–Crippen LogP) is 2.89. The van der Waals surface area contributed by atoms with Gasteiger partial charge in [0.1, 0.15) is 0 Å². The van der Waals surface area contributed by atoms with Crippen LogP contribution in [0.3, 0.4) is 0 Å². The summed E-state index contributed by atoms with van der Waals surface area (Å²) in [5.74, 6) is 1.84. The van der Waals surface area contributed by atoms with Gasteiger partial charge in [-0.2, -0.15) is 0 Å². The third kappa shape index (κ3) is 3.96. The van der Waals surface area contributed by atoms with E-state index in [0.29, 0.717) is 0 Å². The molecule has 3 unspecified atom stereocenters. The summed E-state index contributed by atoms with van der Waals surface area (Å²) < 4.78 is 0. The SMILES string of the molecule is CCCC1CC1N1CCCNC(CC(C)C)C1. The Morgan fingerprint density at radius 3 is 2.88 bits per heavy atom. The first-order valence-electron chi connectivity index (χ1n) is 7.68. The molecule has 1 heterocycles. The molecular weight excluding hydrogens is 208 g/mol. The van der Waals surface area contributed by atoms with Crippen molar-refractivity contribution in [2.75, 3.05) is 19.6 Å². The van der Waals surface area contributed by atoms with Gasteiger partial charge in [-0.15, -0.1) is 0 Å². The summed E-state index contributed by atoms with van der Waals surface area (Å²) in [4.78, 5) is 2.79. The van der Waals surface area contributed by atoms with Crippen molar-refractivity contribution in [3.63, 3.8) is 0 Å². The number of nitrogens with one attached hydrogen (secondary N) is 1. The molecule has 0 spiro atoms. The van der Waals surface area contributed by atoms with Crippen LogP contribution in [0.2, 0.25) is 0 Å². The van der Waals surface area contributed by atoms with E-state index < -0.39 is 0 Å². The van der Waals surface area contributed by atoms with Gasteiger partial charge in [0.05, 0.1) is 0 Å². The van der Waals surface area contributed by atoms with Gasteiger partial charge in [-0.05, 0) is 50.6 Å². The maximum atomic E-state index is 3.73. The van der Waals surface area contributed by atoms with E-state index >= 15 is 0 Å². The summed E-state index contributed by atoms with van der Waals surface area (Å²) in [7, 11) is 0. The van der Waals surface area contributed by atoms with Gasteiger partial charge in [-0.1, -0.05) is 27.2 Å². The van der Waals surface area contributed by atoms with E-state index in [-0.39, 0.29) is 0 Å². The van der Waals surface area contributed by atoms with Gasteiger partial charge >= 0.3 is 0 Å². The van der Waals surface area contributed by atoms with Gasteiger partial charge < -0.3 is 5.32 Å². The van der Waals surface area contributed by atoms with Crippen LogP contribution in [0, 0.1) is 11.8 Å². The van der Waals surface area contributed by atoms with Crippen LogP contribution in [0.15, 0.2) is 0 Å². The van der Waals surface area contributed by atoms with E-state index in [0.717, 1.165) is 23.9 Å². The molecular formula is C15H30N2. The summed E-state index contributed by atoms with van der Waals surface area (Å²) in [6, 6.07) is 1.67. The van der Waals surface area contributed by atoms with E-state index in [2.05, 4.69) is 31.0 Å². The highest BCUT2D eigenvalue weighted by molar-refractivity contribution is 4.96. The van der Waals surface area contributed by atoms with Crippen molar-refractivity contribution in [1.29, 1.82) is 0 Å². The molecule has 2 nitrogen and oxygen atoms in total. The van der Waals surface area contributed by atoms with Crippen molar-refractivity contribution in [3.05, 3.63) is 0 Å². The summed E-state index contributed by atoms with van der Waals surface area (Å²) >= 11 is 0. The Morgan fingerprint density at radius 1 is 1.35 bits per heavy atom. The van der Waals surface area contributed by atoms with Crippen LogP contribution in [0.25, 0.3) is 0 Å². The van der Waals surface area contributed by atoms with Crippen LogP contribution in [-0.2, 0) is 0 Å². The Kier molecular flexibility index (Phi) is 4.87. The average molecular weight is 238 g/mol. The van der Waals surface area contributed by atoms with Crippen LogP contribution in [0.4, 0.5) is 0 Å². The largest absolute Gasteiger partial charge is 0.313 e. The average Bonchev–Trinajstić information content (AvgIpc) is 3.01. The number of nitrogens with zero attached hydrogens (tertiary/aromatic N) is 1. The minimum atomic E-state index is 0.736. The molecule has 3 atom stereocenters. The third-order valence-electron chi connectivity index (χ3n) is 4.28. The zero-order valence-electron chi connectivity index (χ0n) is 11.9. The normalized spacial score (nSPS) is 34.9. The van der Waals surface area contributed by atoms with Gasteiger partial charge in [-0.25, -0.2) is 0 Å². The molecule has 2 fully saturated rings. The third-order valence-corrected chi connectivity index (χ3v) is 4.28. The van der Waals surface area contributed by atoms with E-state index in [1.54, 1.807) is 0 Å². The van der Waals surface area contributed by atoms with Crippen molar-refractivity contribution >= 4 is 0 Å². The molecule has 1 N–H and O–H groups in total. The summed E-state index contributed by atoms with van der Waals surface area (Å²) in [6.07, 6.45) is 6.96.